The SMILES string of the molecule is CC1COC(=O)O1.CC1COC(=O)O1.CC1COC(=O)O1.CC1COC(=O)O1.CC1COC(=O)O1.CC1COC(=O)O1.O=C1OCC(CC(F)(F)F)O1.O=C1OCCO1. The molecule has 59 heavy (non-hydrogen) atoms. The Hall–Kier alpha value is -6.05. The molecule has 0 N–H and O–H groups in total. The van der Waals surface area contributed by atoms with Crippen molar-refractivity contribution in [3.8, 4) is 0 Å². The predicted octanol–water partition coefficient (Wildman–Crippen LogP) is 4.88. The van der Waals surface area contributed by atoms with Crippen LogP contribution >= 0.6 is 0 Å². The minimum absolute atomic E-state index is 0.0486. The molecule has 7 atom stereocenters. The second-order valence-electron chi connectivity index (χ2n) is 12.0. The van der Waals surface area contributed by atoms with E-state index in [1.807, 2.05) is 0 Å². The molecule has 0 bridgehead atoms. The molecule has 0 aromatic heterocycles. The van der Waals surface area contributed by atoms with Crippen molar-refractivity contribution < 1.29 is 127 Å². The summed E-state index contributed by atoms with van der Waals surface area (Å²) >= 11 is 0. The average molecular weight is 871 g/mol. The van der Waals surface area contributed by atoms with Crippen molar-refractivity contribution in [2.45, 2.75) is 96.9 Å². The third-order valence-corrected chi connectivity index (χ3v) is 6.03. The second-order valence-corrected chi connectivity index (χ2v) is 12.0. The van der Waals surface area contributed by atoms with Crippen LogP contribution in [-0.4, -0.2) is 158 Å². The Morgan fingerprint density at radius 2 is 0.576 bits per heavy atom. The van der Waals surface area contributed by atoms with E-state index in [1.165, 1.54) is 0 Å². The van der Waals surface area contributed by atoms with Gasteiger partial charge in [0.15, 0.2) is 0 Å². The van der Waals surface area contributed by atoms with E-state index in [1.54, 1.807) is 41.5 Å². The molecule has 8 aliphatic rings. The largest absolute Gasteiger partial charge is 0.508 e. The highest BCUT2D eigenvalue weighted by atomic mass is 19.4. The van der Waals surface area contributed by atoms with Gasteiger partial charge in [0.05, 0.1) is 6.42 Å². The summed E-state index contributed by atoms with van der Waals surface area (Å²) in [5, 5.41) is 0. The predicted molar refractivity (Wildman–Crippen MR) is 176 cm³/mol. The Bertz CT molecular complexity index is 1180. The molecule has 7 unspecified atom stereocenters. The summed E-state index contributed by atoms with van der Waals surface area (Å²) in [4.78, 5) is 80.0. The smallest absolute Gasteiger partial charge is 0.431 e. The van der Waals surface area contributed by atoms with Gasteiger partial charge in [-0.3, -0.25) is 0 Å². The number of ether oxygens (including phenoxy) is 16. The van der Waals surface area contributed by atoms with Gasteiger partial charge in [-0.15, -0.1) is 0 Å². The molecule has 0 aromatic rings. The highest BCUT2D eigenvalue weighted by Crippen LogP contribution is 2.25. The van der Waals surface area contributed by atoms with Gasteiger partial charge in [-0.05, 0) is 41.5 Å². The lowest BCUT2D eigenvalue weighted by atomic mass is 10.3. The van der Waals surface area contributed by atoms with Gasteiger partial charge in [0.25, 0.3) is 0 Å². The highest BCUT2D eigenvalue weighted by Gasteiger charge is 2.37. The Morgan fingerprint density at radius 1 is 0.356 bits per heavy atom. The Balaban J connectivity index is 0.000000339. The van der Waals surface area contributed by atoms with Crippen LogP contribution in [0.1, 0.15) is 48.0 Å². The van der Waals surface area contributed by atoms with Crippen LogP contribution in [0.15, 0.2) is 0 Å². The lowest BCUT2D eigenvalue weighted by molar-refractivity contribution is -0.150. The zero-order chi connectivity index (χ0) is 44.5. The first-order valence-corrected chi connectivity index (χ1v) is 17.3. The zero-order valence-electron chi connectivity index (χ0n) is 32.5. The number of hydrogen-bond acceptors (Lipinski definition) is 24. The van der Waals surface area contributed by atoms with Crippen LogP contribution in [-0.2, 0) is 75.8 Å². The number of halogens is 3. The van der Waals surface area contributed by atoms with Crippen LogP contribution in [0.5, 0.6) is 0 Å². The molecule has 8 fully saturated rings. The van der Waals surface area contributed by atoms with E-state index < -0.39 is 67.9 Å². The molecule has 338 valence electrons. The van der Waals surface area contributed by atoms with Gasteiger partial charge in [0.2, 0.25) is 0 Å². The summed E-state index contributed by atoms with van der Waals surface area (Å²) in [5.74, 6) is 0. The molecule has 0 spiro atoms. The number of cyclic esters (lactones) is 16. The molecule has 8 rings (SSSR count). The summed E-state index contributed by atoms with van der Waals surface area (Å²) in [6.07, 6.45) is -11.8. The molecule has 27 heteroatoms. The molecular formula is C32H45F3O24. The summed E-state index contributed by atoms with van der Waals surface area (Å²) in [5.41, 5.74) is 0. The molecule has 0 radical (unpaired) electrons. The Labute approximate surface area is 333 Å². The summed E-state index contributed by atoms with van der Waals surface area (Å²) < 4.78 is 105. The van der Waals surface area contributed by atoms with Crippen LogP contribution in [0.3, 0.4) is 0 Å². The number of hydrogen-bond donors (Lipinski definition) is 0. The normalized spacial score (nSPS) is 27.4. The fourth-order valence-electron chi connectivity index (χ4n) is 3.52. The summed E-state index contributed by atoms with van der Waals surface area (Å²) in [6.45, 7) is 13.6. The van der Waals surface area contributed by atoms with E-state index in [0.717, 1.165) is 0 Å². The van der Waals surface area contributed by atoms with Crippen LogP contribution in [0.2, 0.25) is 0 Å². The molecule has 0 saturated carbocycles. The molecule has 0 amide bonds. The topological polar surface area (TPSA) is 284 Å². The van der Waals surface area contributed by atoms with Crippen molar-refractivity contribution in [2.75, 3.05) is 59.5 Å². The number of alkyl halides is 3. The van der Waals surface area contributed by atoms with E-state index in [-0.39, 0.29) is 43.2 Å². The van der Waals surface area contributed by atoms with Crippen LogP contribution in [0.25, 0.3) is 0 Å². The third-order valence-electron chi connectivity index (χ3n) is 6.03. The van der Waals surface area contributed by atoms with Crippen molar-refractivity contribution in [2.24, 2.45) is 0 Å². The van der Waals surface area contributed by atoms with Gasteiger partial charge >= 0.3 is 55.4 Å². The fourth-order valence-corrected chi connectivity index (χ4v) is 3.52. The van der Waals surface area contributed by atoms with Gasteiger partial charge in [0, 0.05) is 0 Å². The van der Waals surface area contributed by atoms with Crippen molar-refractivity contribution in [3.63, 3.8) is 0 Å². The monoisotopic (exact) mass is 870 g/mol. The van der Waals surface area contributed by atoms with Gasteiger partial charge < -0.3 is 75.8 Å². The molecule has 0 aliphatic carbocycles. The lowest BCUT2D eigenvalue weighted by Gasteiger charge is -2.08. The summed E-state index contributed by atoms with van der Waals surface area (Å²) in [7, 11) is 0. The van der Waals surface area contributed by atoms with Crippen LogP contribution in [0, 0.1) is 0 Å². The van der Waals surface area contributed by atoms with Gasteiger partial charge in [-0.1, -0.05) is 0 Å². The molecule has 24 nitrogen and oxygen atoms in total. The number of rotatable bonds is 1. The second kappa shape index (κ2) is 26.8. The van der Waals surface area contributed by atoms with Crippen molar-refractivity contribution in [1.82, 2.24) is 0 Å². The minimum Gasteiger partial charge on any atom is -0.431 e. The number of carbonyl (C=O) groups is 8. The zero-order valence-corrected chi connectivity index (χ0v) is 32.5. The van der Waals surface area contributed by atoms with Crippen molar-refractivity contribution >= 4 is 49.2 Å². The average Bonchev–Trinajstić information content (AvgIpc) is 4.01. The van der Waals surface area contributed by atoms with E-state index in [2.05, 4.69) is 75.8 Å². The Kier molecular flexibility index (Phi) is 23.1. The third kappa shape index (κ3) is 27.3. The van der Waals surface area contributed by atoms with Gasteiger partial charge in [0.1, 0.15) is 102 Å². The maximum atomic E-state index is 11.6. The van der Waals surface area contributed by atoms with Crippen molar-refractivity contribution in [1.29, 1.82) is 0 Å². The van der Waals surface area contributed by atoms with Crippen molar-refractivity contribution in [3.05, 3.63) is 0 Å². The first-order valence-electron chi connectivity index (χ1n) is 17.3. The first kappa shape index (κ1) is 51.0. The molecule has 8 aliphatic heterocycles. The highest BCUT2D eigenvalue weighted by molar-refractivity contribution is 5.64. The Morgan fingerprint density at radius 3 is 0.678 bits per heavy atom. The van der Waals surface area contributed by atoms with E-state index >= 15 is 0 Å². The van der Waals surface area contributed by atoms with Crippen LogP contribution in [0.4, 0.5) is 51.5 Å². The standard InChI is InChI=1S/C5H5F3O3.6C4H6O3.C3H4O3/c6-5(7,8)1-3-2-10-4(9)11-3;6*1-3-2-6-4(5)7-3;4-3-5-1-2-6-3/h3H,1-2H2;6*3H,2H2,1H3;1-2H2. The maximum absolute atomic E-state index is 11.6. The summed E-state index contributed by atoms with van der Waals surface area (Å²) in [6, 6.07) is 0. The maximum Gasteiger partial charge on any atom is 0.508 e. The fraction of sp³-hybridized carbons (Fsp3) is 0.750. The number of carbonyl (C=O) groups excluding carboxylic acids is 8. The van der Waals surface area contributed by atoms with Gasteiger partial charge in [-0.2, -0.15) is 13.2 Å². The van der Waals surface area contributed by atoms with Crippen LogP contribution < -0.4 is 0 Å². The van der Waals surface area contributed by atoms with E-state index in [9.17, 15) is 51.5 Å². The molecule has 8 heterocycles. The lowest BCUT2D eigenvalue weighted by Crippen LogP contribution is -2.21. The van der Waals surface area contributed by atoms with Gasteiger partial charge in [-0.25, -0.2) is 38.4 Å². The first-order chi connectivity index (χ1) is 27.6. The van der Waals surface area contributed by atoms with E-state index in [0.29, 0.717) is 52.9 Å². The minimum atomic E-state index is -4.31. The molecular weight excluding hydrogens is 825 g/mol. The quantitative estimate of drug-likeness (QED) is 0.251. The van der Waals surface area contributed by atoms with E-state index in [4.69, 9.17) is 0 Å². The molecule has 0 aromatic carbocycles. The molecule has 8 saturated heterocycles.